The Bertz CT molecular complexity index is 840. The van der Waals surface area contributed by atoms with Crippen molar-refractivity contribution in [2.24, 2.45) is 0 Å². The van der Waals surface area contributed by atoms with E-state index in [1.807, 2.05) is 6.08 Å². The van der Waals surface area contributed by atoms with Crippen molar-refractivity contribution < 1.29 is 0 Å². The average molecular weight is 299 g/mol. The van der Waals surface area contributed by atoms with E-state index < -0.39 is 0 Å². The van der Waals surface area contributed by atoms with Gasteiger partial charge in [0, 0.05) is 16.8 Å². The molecule has 0 amide bonds. The van der Waals surface area contributed by atoms with Gasteiger partial charge in [0.25, 0.3) is 0 Å². The van der Waals surface area contributed by atoms with Crippen LogP contribution in [0.1, 0.15) is 16.7 Å². The average Bonchev–Trinajstić information content (AvgIpc) is 2.56. The molecule has 0 heterocycles. The first kappa shape index (κ1) is 15.1. The van der Waals surface area contributed by atoms with Crippen molar-refractivity contribution in [3.63, 3.8) is 0 Å². The first-order chi connectivity index (χ1) is 11.1. The van der Waals surface area contributed by atoms with Crippen LogP contribution in [-0.2, 0) is 0 Å². The summed E-state index contributed by atoms with van der Waals surface area (Å²) in [7, 11) is 0. The fraction of sp³-hybridized carbons (Fsp3) is 0.0909. The molecule has 0 aliphatic rings. The number of anilines is 1. The van der Waals surface area contributed by atoms with Crippen molar-refractivity contribution in [2.45, 2.75) is 13.8 Å². The molecule has 0 radical (unpaired) electrons. The third-order valence-electron chi connectivity index (χ3n) is 4.22. The number of nitrogen functional groups attached to an aromatic ring is 1. The Morgan fingerprint density at radius 3 is 1.61 bits per heavy atom. The second-order valence-corrected chi connectivity index (χ2v) is 5.92. The number of hydrogen-bond donors (Lipinski definition) is 1. The minimum Gasteiger partial charge on any atom is -0.398 e. The van der Waals surface area contributed by atoms with Gasteiger partial charge in [-0.3, -0.25) is 0 Å². The molecule has 3 rings (SSSR count). The van der Waals surface area contributed by atoms with Gasteiger partial charge in [0.2, 0.25) is 0 Å². The zero-order valence-electron chi connectivity index (χ0n) is 13.6. The van der Waals surface area contributed by atoms with Gasteiger partial charge in [-0.1, -0.05) is 84.4 Å². The number of nitrogens with two attached hydrogens (primary N) is 1. The maximum Gasteiger partial charge on any atom is 0.0473 e. The van der Waals surface area contributed by atoms with Crippen LogP contribution in [0.15, 0.2) is 67.2 Å². The highest BCUT2D eigenvalue weighted by atomic mass is 14.6. The second-order valence-electron chi connectivity index (χ2n) is 5.92. The Hall–Kier alpha value is -2.80. The van der Waals surface area contributed by atoms with Crippen LogP contribution in [0.4, 0.5) is 5.69 Å². The van der Waals surface area contributed by atoms with E-state index in [4.69, 9.17) is 5.73 Å². The molecule has 1 nitrogen and oxygen atoms in total. The van der Waals surface area contributed by atoms with Gasteiger partial charge in [-0.05, 0) is 30.5 Å². The quantitative estimate of drug-likeness (QED) is 0.602. The fourth-order valence-corrected chi connectivity index (χ4v) is 2.83. The van der Waals surface area contributed by atoms with Crippen LogP contribution in [0.25, 0.3) is 28.3 Å². The van der Waals surface area contributed by atoms with Crippen LogP contribution in [0, 0.1) is 13.8 Å². The summed E-state index contributed by atoms with van der Waals surface area (Å²) >= 11 is 0. The smallest absolute Gasteiger partial charge is 0.0473 e. The normalized spacial score (nSPS) is 10.5. The highest BCUT2D eigenvalue weighted by Crippen LogP contribution is 2.36. The lowest BCUT2D eigenvalue weighted by Gasteiger charge is -2.14. The van der Waals surface area contributed by atoms with Gasteiger partial charge < -0.3 is 5.73 Å². The topological polar surface area (TPSA) is 26.0 Å². The second kappa shape index (κ2) is 6.13. The molecule has 3 aromatic rings. The first-order valence-electron chi connectivity index (χ1n) is 7.79. The van der Waals surface area contributed by atoms with Gasteiger partial charge in [0.1, 0.15) is 0 Å². The number of benzene rings is 3. The van der Waals surface area contributed by atoms with E-state index >= 15 is 0 Å². The van der Waals surface area contributed by atoms with E-state index in [1.165, 1.54) is 11.1 Å². The van der Waals surface area contributed by atoms with Gasteiger partial charge in [-0.25, -0.2) is 0 Å². The maximum atomic E-state index is 6.46. The van der Waals surface area contributed by atoms with Crippen molar-refractivity contribution in [1.29, 1.82) is 0 Å². The lowest BCUT2D eigenvalue weighted by molar-refractivity contribution is 1.46. The molecule has 0 aliphatic heterocycles. The predicted molar refractivity (Wildman–Crippen MR) is 101 cm³/mol. The zero-order chi connectivity index (χ0) is 16.4. The highest BCUT2D eigenvalue weighted by molar-refractivity contribution is 5.90. The van der Waals surface area contributed by atoms with Crippen LogP contribution in [-0.4, -0.2) is 0 Å². The molecular formula is C22H21N. The Balaban J connectivity index is 2.14. The molecule has 23 heavy (non-hydrogen) atoms. The SMILES string of the molecule is C=Cc1c(-c2ccc(C)cc2)ccc(-c2ccc(C)cc2)c1N. The first-order valence-corrected chi connectivity index (χ1v) is 7.79. The van der Waals surface area contributed by atoms with Crippen LogP contribution in [0.5, 0.6) is 0 Å². The standard InChI is InChI=1S/C22H21N/c1-4-19-20(17-9-5-15(2)6-10-17)13-14-21(22(19)23)18-11-7-16(3)8-12-18/h4-14H,1,23H2,2-3H3. The molecule has 114 valence electrons. The lowest BCUT2D eigenvalue weighted by Crippen LogP contribution is -1.96. The maximum absolute atomic E-state index is 6.46. The molecule has 0 spiro atoms. The summed E-state index contributed by atoms with van der Waals surface area (Å²) in [5.74, 6) is 0. The molecular weight excluding hydrogens is 278 g/mol. The lowest BCUT2D eigenvalue weighted by atomic mass is 9.92. The van der Waals surface area contributed by atoms with E-state index in [0.717, 1.165) is 33.5 Å². The van der Waals surface area contributed by atoms with Gasteiger partial charge >= 0.3 is 0 Å². The highest BCUT2D eigenvalue weighted by Gasteiger charge is 2.11. The Kier molecular flexibility index (Phi) is 4.03. The molecule has 0 atom stereocenters. The van der Waals surface area contributed by atoms with E-state index in [2.05, 4.69) is 81.1 Å². The summed E-state index contributed by atoms with van der Waals surface area (Å²) in [5.41, 5.74) is 15.2. The minimum absolute atomic E-state index is 0.780. The molecule has 0 bridgehead atoms. The van der Waals surface area contributed by atoms with Gasteiger partial charge in [0.05, 0.1) is 0 Å². The van der Waals surface area contributed by atoms with Gasteiger partial charge in [-0.2, -0.15) is 0 Å². The summed E-state index contributed by atoms with van der Waals surface area (Å²) in [5, 5.41) is 0. The van der Waals surface area contributed by atoms with Gasteiger partial charge in [0.15, 0.2) is 0 Å². The number of hydrogen-bond acceptors (Lipinski definition) is 1. The summed E-state index contributed by atoms with van der Waals surface area (Å²) < 4.78 is 0. The van der Waals surface area contributed by atoms with Gasteiger partial charge in [-0.15, -0.1) is 0 Å². The molecule has 0 unspecified atom stereocenters. The molecule has 0 saturated carbocycles. The summed E-state index contributed by atoms with van der Waals surface area (Å²) in [4.78, 5) is 0. The third kappa shape index (κ3) is 2.91. The largest absolute Gasteiger partial charge is 0.398 e. The molecule has 0 saturated heterocycles. The Morgan fingerprint density at radius 1 is 0.696 bits per heavy atom. The third-order valence-corrected chi connectivity index (χ3v) is 4.22. The summed E-state index contributed by atoms with van der Waals surface area (Å²) in [6, 6.07) is 21.2. The van der Waals surface area contributed by atoms with E-state index in [1.54, 1.807) is 0 Å². The Morgan fingerprint density at radius 2 is 1.13 bits per heavy atom. The van der Waals surface area contributed by atoms with Crippen LogP contribution in [0.3, 0.4) is 0 Å². The van der Waals surface area contributed by atoms with Crippen LogP contribution >= 0.6 is 0 Å². The molecule has 1 heteroatoms. The summed E-state index contributed by atoms with van der Waals surface area (Å²) in [6.45, 7) is 8.14. The van der Waals surface area contributed by atoms with E-state index in [-0.39, 0.29) is 0 Å². The van der Waals surface area contributed by atoms with Crippen LogP contribution in [0.2, 0.25) is 0 Å². The van der Waals surface area contributed by atoms with Crippen molar-refractivity contribution in [3.05, 3.63) is 83.9 Å². The van der Waals surface area contributed by atoms with Crippen molar-refractivity contribution >= 4 is 11.8 Å². The molecule has 0 fully saturated rings. The van der Waals surface area contributed by atoms with Crippen molar-refractivity contribution in [3.8, 4) is 22.3 Å². The number of aryl methyl sites for hydroxylation is 2. The van der Waals surface area contributed by atoms with Crippen molar-refractivity contribution in [2.75, 3.05) is 5.73 Å². The predicted octanol–water partition coefficient (Wildman–Crippen LogP) is 5.86. The molecule has 2 N–H and O–H groups in total. The van der Waals surface area contributed by atoms with Crippen LogP contribution < -0.4 is 5.73 Å². The Labute approximate surface area is 138 Å². The van der Waals surface area contributed by atoms with Crippen molar-refractivity contribution in [1.82, 2.24) is 0 Å². The molecule has 3 aromatic carbocycles. The number of rotatable bonds is 3. The fourth-order valence-electron chi connectivity index (χ4n) is 2.83. The van der Waals surface area contributed by atoms with E-state index in [0.29, 0.717) is 0 Å². The minimum atomic E-state index is 0.780. The molecule has 0 aliphatic carbocycles. The zero-order valence-corrected chi connectivity index (χ0v) is 13.6. The van der Waals surface area contributed by atoms with E-state index in [9.17, 15) is 0 Å². The molecule has 0 aromatic heterocycles. The monoisotopic (exact) mass is 299 g/mol. The summed E-state index contributed by atoms with van der Waals surface area (Å²) in [6.07, 6.45) is 1.85.